The van der Waals surface area contributed by atoms with E-state index in [9.17, 15) is 18.4 Å². The number of carbonyl (C=O) groups excluding carboxylic acids is 2. The van der Waals surface area contributed by atoms with Gasteiger partial charge in [-0.05, 0) is 61.7 Å². The number of aryl methyl sites for hydroxylation is 1. The van der Waals surface area contributed by atoms with Gasteiger partial charge in [0.25, 0.3) is 5.91 Å². The predicted molar refractivity (Wildman–Crippen MR) is 159 cm³/mol. The Morgan fingerprint density at radius 3 is 2.63 bits per heavy atom. The topological polar surface area (TPSA) is 91.6 Å². The van der Waals surface area contributed by atoms with Crippen molar-refractivity contribution in [3.63, 3.8) is 0 Å². The number of aromatic nitrogens is 2. The van der Waals surface area contributed by atoms with E-state index in [1.165, 1.54) is 0 Å². The summed E-state index contributed by atoms with van der Waals surface area (Å²) < 4.78 is 31.4. The zero-order valence-corrected chi connectivity index (χ0v) is 23.9. The summed E-state index contributed by atoms with van der Waals surface area (Å²) in [6, 6.07) is 15.8. The Morgan fingerprint density at radius 1 is 1.07 bits per heavy atom. The van der Waals surface area contributed by atoms with Crippen molar-refractivity contribution < 1.29 is 18.4 Å². The maximum absolute atomic E-state index is 14.9. The highest BCUT2D eigenvalue weighted by molar-refractivity contribution is 5.97. The van der Waals surface area contributed by atoms with E-state index in [2.05, 4.69) is 20.7 Å². The fourth-order valence-corrected chi connectivity index (χ4v) is 7.24. The van der Waals surface area contributed by atoms with Gasteiger partial charge >= 0.3 is 0 Å². The van der Waals surface area contributed by atoms with Crippen molar-refractivity contribution in [3.8, 4) is 5.69 Å². The summed E-state index contributed by atoms with van der Waals surface area (Å²) in [5.74, 6) is -4.61. The molecule has 8 nitrogen and oxygen atoms in total. The molecule has 3 aromatic rings. The standard InChI is InChI=1S/C33H34F2N6O2/c1-20-13-18-41(39-20)22-10-8-21(9-11-22)31(42)38-27-12-15-33(34,35)19-25(27)32(43)40-17-14-24-29(28-7-4-16-36-28)37-26-6-3-2-5-23(26)30(24)40/h2-6,8-11,13,16,18,24-25,27,29-30,37H,7,12,14-15,17,19H2,1H3,(H,38,42)/t24-,25+,27-,29-,30?/m1/s1. The lowest BCUT2D eigenvalue weighted by Gasteiger charge is -2.42. The second kappa shape index (κ2) is 10.7. The molecule has 3 aliphatic heterocycles. The number of anilines is 1. The van der Waals surface area contributed by atoms with E-state index in [1.54, 1.807) is 33.8 Å². The number of benzene rings is 2. The molecule has 4 heterocycles. The number of amides is 2. The molecular weight excluding hydrogens is 550 g/mol. The molecule has 5 atom stereocenters. The fourth-order valence-electron chi connectivity index (χ4n) is 7.24. The van der Waals surface area contributed by atoms with E-state index >= 15 is 0 Å². The average Bonchev–Trinajstić information content (AvgIpc) is 3.79. The largest absolute Gasteiger partial charge is 0.376 e. The molecular formula is C33H34F2N6O2. The highest BCUT2D eigenvalue weighted by Crippen LogP contribution is 2.49. The Labute approximate surface area is 248 Å². The second-order valence-electron chi connectivity index (χ2n) is 12.1. The number of fused-ring (bicyclic) bond motifs is 3. The number of hydrogen-bond donors (Lipinski definition) is 2. The molecule has 43 heavy (non-hydrogen) atoms. The molecule has 1 aromatic heterocycles. The number of aliphatic imine (C=N–C) groups is 1. The zero-order chi connectivity index (χ0) is 29.7. The second-order valence-corrected chi connectivity index (χ2v) is 12.1. The molecule has 2 N–H and O–H groups in total. The van der Waals surface area contributed by atoms with Gasteiger partial charge in [-0.3, -0.25) is 14.6 Å². The van der Waals surface area contributed by atoms with Crippen molar-refractivity contribution in [2.45, 2.75) is 63.1 Å². The van der Waals surface area contributed by atoms with Gasteiger partial charge in [0.15, 0.2) is 0 Å². The van der Waals surface area contributed by atoms with Gasteiger partial charge in [-0.2, -0.15) is 5.10 Å². The van der Waals surface area contributed by atoms with Gasteiger partial charge in [0, 0.05) is 67.1 Å². The number of halogens is 2. The maximum Gasteiger partial charge on any atom is 0.251 e. The lowest BCUT2D eigenvalue weighted by Crippen LogP contribution is -2.53. The number of allylic oxidation sites excluding steroid dienone is 1. The summed E-state index contributed by atoms with van der Waals surface area (Å²) in [5, 5.41) is 11.0. The number of rotatable bonds is 5. The molecule has 2 aromatic carbocycles. The molecule has 0 spiro atoms. The van der Waals surface area contributed by atoms with E-state index in [-0.39, 0.29) is 42.7 Å². The maximum atomic E-state index is 14.9. The van der Waals surface area contributed by atoms with Crippen molar-refractivity contribution in [1.29, 1.82) is 0 Å². The van der Waals surface area contributed by atoms with Crippen LogP contribution in [0, 0.1) is 18.8 Å². The fraction of sp³-hybridized carbons (Fsp3) is 0.394. The van der Waals surface area contributed by atoms with Crippen LogP contribution in [0.4, 0.5) is 14.5 Å². The summed E-state index contributed by atoms with van der Waals surface area (Å²) in [6.07, 6.45) is 6.25. The van der Waals surface area contributed by atoms with E-state index in [1.807, 2.05) is 55.7 Å². The summed E-state index contributed by atoms with van der Waals surface area (Å²) in [6.45, 7) is 2.37. The normalized spacial score (nSPS) is 27.2. The van der Waals surface area contributed by atoms with Crippen LogP contribution in [0.25, 0.3) is 5.69 Å². The minimum Gasteiger partial charge on any atom is -0.376 e. The summed E-state index contributed by atoms with van der Waals surface area (Å²) in [4.78, 5) is 34.0. The summed E-state index contributed by atoms with van der Waals surface area (Å²) >= 11 is 0. The van der Waals surface area contributed by atoms with Crippen LogP contribution in [-0.2, 0) is 4.79 Å². The van der Waals surface area contributed by atoms with E-state index in [0.29, 0.717) is 12.1 Å². The number of carbonyl (C=O) groups is 2. The van der Waals surface area contributed by atoms with E-state index in [4.69, 9.17) is 0 Å². The zero-order valence-electron chi connectivity index (χ0n) is 23.9. The van der Waals surface area contributed by atoms with Gasteiger partial charge in [0.2, 0.25) is 11.8 Å². The van der Waals surface area contributed by atoms with Crippen molar-refractivity contribution >= 4 is 23.2 Å². The highest BCUT2D eigenvalue weighted by Gasteiger charge is 2.52. The Bertz CT molecular complexity index is 1610. The molecule has 7 rings (SSSR count). The first-order valence-electron chi connectivity index (χ1n) is 15.0. The number of likely N-dealkylation sites (tertiary alicyclic amines) is 1. The van der Waals surface area contributed by atoms with Crippen LogP contribution in [0.15, 0.2) is 78.1 Å². The van der Waals surface area contributed by atoms with Gasteiger partial charge in [0.1, 0.15) is 0 Å². The number of para-hydroxylation sites is 1. The molecule has 0 radical (unpaired) electrons. The van der Waals surface area contributed by atoms with Gasteiger partial charge in [-0.15, -0.1) is 0 Å². The number of nitrogens with one attached hydrogen (secondary N) is 2. The van der Waals surface area contributed by atoms with E-state index < -0.39 is 24.3 Å². The molecule has 1 aliphatic carbocycles. The average molecular weight is 585 g/mol. The van der Waals surface area contributed by atoms with Crippen molar-refractivity contribution in [3.05, 3.63) is 89.9 Å². The first-order valence-corrected chi connectivity index (χ1v) is 15.0. The van der Waals surface area contributed by atoms with Gasteiger partial charge in [-0.25, -0.2) is 13.5 Å². The van der Waals surface area contributed by atoms with Gasteiger partial charge in [-0.1, -0.05) is 24.3 Å². The summed E-state index contributed by atoms with van der Waals surface area (Å²) in [5.41, 5.74) is 5.05. The van der Waals surface area contributed by atoms with Gasteiger partial charge < -0.3 is 15.5 Å². The minimum absolute atomic E-state index is 0.0327. The van der Waals surface area contributed by atoms with E-state index in [0.717, 1.165) is 41.2 Å². The molecule has 1 unspecified atom stereocenters. The lowest BCUT2D eigenvalue weighted by atomic mass is 9.78. The third-order valence-electron chi connectivity index (χ3n) is 9.35. The third-order valence-corrected chi connectivity index (χ3v) is 9.35. The highest BCUT2D eigenvalue weighted by atomic mass is 19.3. The molecule has 4 aliphatic rings. The Kier molecular flexibility index (Phi) is 6.86. The Hall–Kier alpha value is -4.34. The molecule has 10 heteroatoms. The summed E-state index contributed by atoms with van der Waals surface area (Å²) in [7, 11) is 0. The van der Waals surface area contributed by atoms with Crippen LogP contribution in [0.1, 0.15) is 59.8 Å². The number of hydrogen-bond acceptors (Lipinski definition) is 5. The monoisotopic (exact) mass is 584 g/mol. The number of alkyl halides is 2. The first-order chi connectivity index (χ1) is 20.8. The number of nitrogens with zero attached hydrogens (tertiary/aromatic N) is 4. The first kappa shape index (κ1) is 27.5. The van der Waals surface area contributed by atoms with Crippen LogP contribution in [-0.4, -0.2) is 56.8 Å². The minimum atomic E-state index is -2.97. The smallest absolute Gasteiger partial charge is 0.251 e. The lowest BCUT2D eigenvalue weighted by molar-refractivity contribution is -0.145. The predicted octanol–water partition coefficient (Wildman–Crippen LogP) is 5.46. The third kappa shape index (κ3) is 5.13. The molecule has 0 bridgehead atoms. The molecule has 222 valence electrons. The van der Waals surface area contributed by atoms with Crippen LogP contribution in [0.2, 0.25) is 0 Å². The van der Waals surface area contributed by atoms with Gasteiger partial charge in [0.05, 0.1) is 29.4 Å². The SMILES string of the molecule is Cc1ccn(-c2ccc(C(=O)N[C@@H]3CCC(F)(F)C[C@@H]3C(=O)N3CC[C@H]4C3c3ccccc3N[C@H]4C3=NC=CC3)cc2)n1. The quantitative estimate of drug-likeness (QED) is 0.417. The Morgan fingerprint density at radius 2 is 1.88 bits per heavy atom. The molecule has 1 saturated carbocycles. The van der Waals surface area contributed by atoms with Crippen LogP contribution in [0.3, 0.4) is 0 Å². The van der Waals surface area contributed by atoms with Crippen LogP contribution in [0.5, 0.6) is 0 Å². The van der Waals surface area contributed by atoms with Crippen molar-refractivity contribution in [1.82, 2.24) is 20.0 Å². The van der Waals surface area contributed by atoms with Crippen LogP contribution < -0.4 is 10.6 Å². The molecule has 2 amide bonds. The molecule has 2 fully saturated rings. The van der Waals surface area contributed by atoms with Crippen molar-refractivity contribution in [2.24, 2.45) is 16.8 Å². The van der Waals surface area contributed by atoms with Crippen molar-refractivity contribution in [2.75, 3.05) is 11.9 Å². The van der Waals surface area contributed by atoms with Crippen LogP contribution >= 0.6 is 0 Å². The Balaban J connectivity index is 1.13. The molecule has 1 saturated heterocycles.